The molecule has 3 unspecified atom stereocenters. The fraction of sp³-hybridized carbons (Fsp3) is 0.514. The zero-order valence-corrected chi connectivity index (χ0v) is 26.8. The van der Waals surface area contributed by atoms with Crippen molar-refractivity contribution < 1.29 is 24.2 Å². The molecule has 0 fully saturated rings. The van der Waals surface area contributed by atoms with Crippen LogP contribution in [-0.4, -0.2) is 52.1 Å². The third-order valence-corrected chi connectivity index (χ3v) is 7.01. The molecule has 3 amide bonds. The van der Waals surface area contributed by atoms with Crippen molar-refractivity contribution in [3.63, 3.8) is 0 Å². The van der Waals surface area contributed by atoms with Crippen LogP contribution in [0.3, 0.4) is 0 Å². The fourth-order valence-corrected chi connectivity index (χ4v) is 4.70. The topological polar surface area (TPSA) is 108 Å². The molecule has 234 valence electrons. The highest BCUT2D eigenvalue weighted by Crippen LogP contribution is 2.28. The number of nitrogens with one attached hydrogen (secondary N) is 2. The minimum absolute atomic E-state index is 0.0925. The number of rotatable bonds is 14. The van der Waals surface area contributed by atoms with Crippen LogP contribution >= 0.6 is 0 Å². The summed E-state index contributed by atoms with van der Waals surface area (Å²) in [6.45, 7) is 13.9. The number of unbranched alkanes of at least 4 members (excludes halogenated alkanes) is 1. The van der Waals surface area contributed by atoms with Crippen LogP contribution in [0.5, 0.6) is 5.75 Å². The Morgan fingerprint density at radius 1 is 1.00 bits per heavy atom. The molecule has 2 aromatic carbocycles. The number of amides is 3. The van der Waals surface area contributed by atoms with E-state index < -0.39 is 29.7 Å². The Bertz CT molecular complexity index is 1230. The Hall–Kier alpha value is -3.99. The van der Waals surface area contributed by atoms with Crippen molar-refractivity contribution in [2.24, 2.45) is 5.92 Å². The van der Waals surface area contributed by atoms with Gasteiger partial charge in [0.2, 0.25) is 11.8 Å². The van der Waals surface area contributed by atoms with Gasteiger partial charge in [0.15, 0.2) is 0 Å². The summed E-state index contributed by atoms with van der Waals surface area (Å²) in [7, 11) is 0. The molecule has 2 aromatic rings. The summed E-state index contributed by atoms with van der Waals surface area (Å²) in [5.74, 6) is 2.37. The molecule has 0 aliphatic heterocycles. The standard InChI is InChI=1S/C35H49N3O5/c1-9-11-22-36-32(40)31(28-18-14-26(10-2)15-19-28)38(25(5)13-12-24(3)4)33(41)30(37-34(42)43-35(6,7)8)23-27-16-20-29(39)21-17-27/h2,14-21,24-25,30-31,39H,9,11-13,22-23H2,1,3-8H3,(H,36,40)(H,37,42). The number of carbonyl (C=O) groups excluding carboxylic acids is 3. The molecule has 3 atom stereocenters. The number of alkyl carbamates (subject to hydrolysis) is 1. The molecule has 0 spiro atoms. The van der Waals surface area contributed by atoms with E-state index in [0.717, 1.165) is 24.8 Å². The van der Waals surface area contributed by atoms with Crippen molar-refractivity contribution >= 4 is 17.9 Å². The maximum Gasteiger partial charge on any atom is 0.408 e. The van der Waals surface area contributed by atoms with Crippen LogP contribution in [-0.2, 0) is 20.7 Å². The molecule has 0 heterocycles. The number of benzene rings is 2. The largest absolute Gasteiger partial charge is 0.508 e. The van der Waals surface area contributed by atoms with E-state index in [4.69, 9.17) is 11.2 Å². The maximum absolute atomic E-state index is 14.7. The van der Waals surface area contributed by atoms with Crippen LogP contribution < -0.4 is 10.6 Å². The summed E-state index contributed by atoms with van der Waals surface area (Å²) >= 11 is 0. The third-order valence-electron chi connectivity index (χ3n) is 7.01. The van der Waals surface area contributed by atoms with Gasteiger partial charge in [-0.1, -0.05) is 57.4 Å². The first-order valence-electron chi connectivity index (χ1n) is 15.2. The first kappa shape index (κ1) is 35.2. The van der Waals surface area contributed by atoms with Gasteiger partial charge in [-0.25, -0.2) is 4.79 Å². The smallest absolute Gasteiger partial charge is 0.408 e. The summed E-state index contributed by atoms with van der Waals surface area (Å²) in [6.07, 6.45) is 8.19. The highest BCUT2D eigenvalue weighted by Gasteiger charge is 2.39. The van der Waals surface area contributed by atoms with E-state index in [2.05, 4.69) is 30.4 Å². The highest BCUT2D eigenvalue weighted by atomic mass is 16.6. The van der Waals surface area contributed by atoms with Crippen LogP contribution in [0.25, 0.3) is 0 Å². The summed E-state index contributed by atoms with van der Waals surface area (Å²) in [6, 6.07) is 11.2. The third kappa shape index (κ3) is 11.7. The number of phenolic OH excluding ortho intramolecular Hbond substituents is 1. The van der Waals surface area contributed by atoms with Gasteiger partial charge >= 0.3 is 6.09 Å². The van der Waals surface area contributed by atoms with Crippen LogP contribution in [0.1, 0.15) is 96.9 Å². The molecule has 0 aromatic heterocycles. The van der Waals surface area contributed by atoms with Crippen molar-refractivity contribution in [3.05, 3.63) is 65.2 Å². The first-order chi connectivity index (χ1) is 20.2. The second kappa shape index (κ2) is 16.6. The van der Waals surface area contributed by atoms with Crippen LogP contribution in [0, 0.1) is 18.3 Å². The van der Waals surface area contributed by atoms with Gasteiger partial charge in [-0.15, -0.1) is 6.42 Å². The zero-order valence-electron chi connectivity index (χ0n) is 26.8. The van der Waals surface area contributed by atoms with E-state index in [0.29, 0.717) is 30.0 Å². The summed E-state index contributed by atoms with van der Waals surface area (Å²) in [4.78, 5) is 43.2. The Morgan fingerprint density at radius 3 is 2.16 bits per heavy atom. The van der Waals surface area contributed by atoms with Crippen LogP contribution in [0.2, 0.25) is 0 Å². The molecule has 8 nitrogen and oxygen atoms in total. The van der Waals surface area contributed by atoms with Crippen LogP contribution in [0.15, 0.2) is 48.5 Å². The average molecular weight is 592 g/mol. The Labute approximate surface area is 257 Å². The number of nitrogens with zero attached hydrogens (tertiary/aromatic N) is 1. The fourth-order valence-electron chi connectivity index (χ4n) is 4.70. The molecule has 0 aliphatic rings. The van der Waals surface area contributed by atoms with Crippen molar-refractivity contribution in [2.45, 2.75) is 104 Å². The van der Waals surface area contributed by atoms with E-state index in [1.54, 1.807) is 62.1 Å². The lowest BCUT2D eigenvalue weighted by atomic mass is 9.95. The van der Waals surface area contributed by atoms with E-state index in [9.17, 15) is 19.5 Å². The van der Waals surface area contributed by atoms with Gasteiger partial charge in [0.1, 0.15) is 23.4 Å². The molecule has 0 radical (unpaired) electrons. The molecular weight excluding hydrogens is 542 g/mol. The number of hydrogen-bond donors (Lipinski definition) is 3. The minimum atomic E-state index is -1.04. The second-order valence-electron chi connectivity index (χ2n) is 12.4. The monoisotopic (exact) mass is 591 g/mol. The van der Waals surface area contributed by atoms with Crippen molar-refractivity contribution in [3.8, 4) is 18.1 Å². The Kier molecular flexibility index (Phi) is 13.6. The minimum Gasteiger partial charge on any atom is -0.508 e. The van der Waals surface area contributed by atoms with Gasteiger partial charge in [0, 0.05) is 24.6 Å². The summed E-state index contributed by atoms with van der Waals surface area (Å²) < 4.78 is 5.52. The maximum atomic E-state index is 14.7. The van der Waals surface area contributed by atoms with Gasteiger partial charge in [-0.2, -0.15) is 0 Å². The normalized spacial score (nSPS) is 13.4. The van der Waals surface area contributed by atoms with Gasteiger partial charge in [-0.05, 0) is 88.3 Å². The number of ether oxygens (including phenoxy) is 1. The molecule has 0 saturated heterocycles. The molecule has 3 N–H and O–H groups in total. The van der Waals surface area contributed by atoms with Crippen LogP contribution in [0.4, 0.5) is 4.79 Å². The molecule has 0 saturated carbocycles. The second-order valence-corrected chi connectivity index (χ2v) is 12.4. The lowest BCUT2D eigenvalue weighted by Gasteiger charge is -2.39. The van der Waals surface area contributed by atoms with E-state index in [1.165, 1.54) is 12.1 Å². The summed E-state index contributed by atoms with van der Waals surface area (Å²) in [5.41, 5.74) is 1.24. The molecular formula is C35H49N3O5. The summed E-state index contributed by atoms with van der Waals surface area (Å²) in [5, 5.41) is 15.6. The van der Waals surface area contributed by atoms with Crippen molar-refractivity contribution in [1.29, 1.82) is 0 Å². The van der Waals surface area contributed by atoms with E-state index >= 15 is 0 Å². The first-order valence-corrected chi connectivity index (χ1v) is 15.2. The molecule has 0 aliphatic carbocycles. The molecule has 2 rings (SSSR count). The Balaban J connectivity index is 2.64. The van der Waals surface area contributed by atoms with Gasteiger partial charge in [-0.3, -0.25) is 9.59 Å². The van der Waals surface area contributed by atoms with Gasteiger partial charge < -0.3 is 25.4 Å². The van der Waals surface area contributed by atoms with Gasteiger partial charge in [0.05, 0.1) is 0 Å². The SMILES string of the molecule is C#Cc1ccc(C(C(=O)NCCCC)N(C(=O)C(Cc2ccc(O)cc2)NC(=O)OC(C)(C)C)C(C)CCC(C)C)cc1. The average Bonchev–Trinajstić information content (AvgIpc) is 2.94. The molecule has 0 bridgehead atoms. The molecule has 43 heavy (non-hydrogen) atoms. The number of terminal acetylenes is 1. The predicted molar refractivity (Wildman–Crippen MR) is 170 cm³/mol. The van der Waals surface area contributed by atoms with Crippen molar-refractivity contribution in [1.82, 2.24) is 15.5 Å². The quantitative estimate of drug-likeness (QED) is 0.181. The lowest BCUT2D eigenvalue weighted by Crippen LogP contribution is -2.56. The predicted octanol–water partition coefficient (Wildman–Crippen LogP) is 6.12. The van der Waals surface area contributed by atoms with E-state index in [1.807, 2.05) is 13.8 Å². The number of aromatic hydroxyl groups is 1. The highest BCUT2D eigenvalue weighted by molar-refractivity contribution is 5.92. The van der Waals surface area contributed by atoms with Gasteiger partial charge in [0.25, 0.3) is 0 Å². The Morgan fingerprint density at radius 2 is 1.63 bits per heavy atom. The zero-order chi connectivity index (χ0) is 32.2. The van der Waals surface area contributed by atoms with Crippen molar-refractivity contribution in [2.75, 3.05) is 6.54 Å². The van der Waals surface area contributed by atoms with E-state index in [-0.39, 0.29) is 24.1 Å². The number of carbonyl (C=O) groups is 3. The number of hydrogen-bond acceptors (Lipinski definition) is 5. The lowest BCUT2D eigenvalue weighted by molar-refractivity contribution is -0.145. The molecule has 8 heteroatoms. The number of phenols is 1.